The van der Waals surface area contributed by atoms with Crippen LogP contribution in [0.1, 0.15) is 91.4 Å². The van der Waals surface area contributed by atoms with Crippen molar-refractivity contribution in [3.8, 4) is 0 Å². The van der Waals surface area contributed by atoms with Crippen LogP contribution in [0.2, 0.25) is 0 Å². The van der Waals surface area contributed by atoms with Crippen LogP contribution in [0.5, 0.6) is 0 Å². The number of allylic oxidation sites excluding steroid dienone is 2. The molecule has 0 rings (SSSR count). The Morgan fingerprint density at radius 2 is 1.28 bits per heavy atom. The van der Waals surface area contributed by atoms with E-state index in [0.29, 0.717) is 0 Å². The quantitative estimate of drug-likeness (QED) is 0.304. The summed E-state index contributed by atoms with van der Waals surface area (Å²) in [5.41, 5.74) is 7.54. The van der Waals surface area contributed by atoms with Gasteiger partial charge in [0.15, 0.2) is 0 Å². The second-order valence-corrected chi connectivity index (χ2v) is 6.16. The second kappa shape index (κ2) is 11.8. The smallest absolute Gasteiger partial charge is 0.0267 e. The molecule has 1 radical (unpaired) electrons. The number of hydrogen-bond acceptors (Lipinski definition) is 0. The van der Waals surface area contributed by atoms with E-state index in [4.69, 9.17) is 5.73 Å². The Balaban J connectivity index is 3.13. The normalized spacial score (nSPS) is 12.4. The van der Waals surface area contributed by atoms with Crippen LogP contribution in [0.3, 0.4) is 0 Å². The molecule has 107 valence electrons. The van der Waals surface area contributed by atoms with Crippen LogP contribution in [-0.4, -0.2) is 5.54 Å². The second-order valence-electron chi connectivity index (χ2n) is 6.16. The summed E-state index contributed by atoms with van der Waals surface area (Å²) in [6.07, 6.45) is 18.9. The largest absolute Gasteiger partial charge is 0.252 e. The highest BCUT2D eigenvalue weighted by Crippen LogP contribution is 2.14. The standard InChI is InChI=1S/C17H34N/c1-4-5-6-7-8-9-10-11-12-13-14-15-16-17(2,3)18/h9-10,18H,4-8,11-16H2,1-3H3/b10-9+. The van der Waals surface area contributed by atoms with Crippen LogP contribution in [0, 0.1) is 0 Å². The van der Waals surface area contributed by atoms with Crippen molar-refractivity contribution in [1.29, 1.82) is 0 Å². The lowest BCUT2D eigenvalue weighted by Crippen LogP contribution is -2.20. The third kappa shape index (κ3) is 15.7. The Morgan fingerprint density at radius 1 is 0.778 bits per heavy atom. The van der Waals surface area contributed by atoms with Crippen molar-refractivity contribution < 1.29 is 0 Å². The van der Waals surface area contributed by atoms with Crippen molar-refractivity contribution in [3.63, 3.8) is 0 Å². The fraction of sp³-hybridized carbons (Fsp3) is 0.882. The van der Waals surface area contributed by atoms with E-state index in [2.05, 4.69) is 19.1 Å². The van der Waals surface area contributed by atoms with Gasteiger partial charge in [0, 0.05) is 5.54 Å². The van der Waals surface area contributed by atoms with Crippen molar-refractivity contribution in [1.82, 2.24) is 5.73 Å². The Hall–Kier alpha value is -0.300. The van der Waals surface area contributed by atoms with Crippen molar-refractivity contribution >= 4 is 0 Å². The molecule has 0 unspecified atom stereocenters. The molecule has 0 heterocycles. The zero-order valence-electron chi connectivity index (χ0n) is 12.9. The van der Waals surface area contributed by atoms with Gasteiger partial charge in [0.05, 0.1) is 0 Å². The Labute approximate surface area is 115 Å². The molecule has 0 aromatic carbocycles. The van der Waals surface area contributed by atoms with Gasteiger partial charge in [-0.05, 0) is 46.0 Å². The van der Waals surface area contributed by atoms with Gasteiger partial charge in [-0.25, -0.2) is 0 Å². The first-order valence-electron chi connectivity index (χ1n) is 7.96. The monoisotopic (exact) mass is 252 g/mol. The van der Waals surface area contributed by atoms with Gasteiger partial charge < -0.3 is 0 Å². The van der Waals surface area contributed by atoms with E-state index in [1.54, 1.807) is 0 Å². The first kappa shape index (κ1) is 17.7. The van der Waals surface area contributed by atoms with Crippen molar-refractivity contribution in [2.24, 2.45) is 0 Å². The summed E-state index contributed by atoms with van der Waals surface area (Å²) in [7, 11) is 0. The molecule has 0 spiro atoms. The maximum atomic E-state index is 7.76. The van der Waals surface area contributed by atoms with E-state index >= 15 is 0 Å². The van der Waals surface area contributed by atoms with Gasteiger partial charge in [-0.15, -0.1) is 0 Å². The Kier molecular flexibility index (Phi) is 11.6. The van der Waals surface area contributed by atoms with Gasteiger partial charge in [-0.1, -0.05) is 57.6 Å². The molecule has 1 nitrogen and oxygen atoms in total. The van der Waals surface area contributed by atoms with Crippen LogP contribution in [-0.2, 0) is 0 Å². The van der Waals surface area contributed by atoms with Crippen LogP contribution < -0.4 is 5.73 Å². The number of unbranched alkanes of at least 4 members (excludes halogenated alkanes) is 8. The van der Waals surface area contributed by atoms with Crippen LogP contribution in [0.15, 0.2) is 12.2 Å². The Bertz CT molecular complexity index is 188. The highest BCUT2D eigenvalue weighted by molar-refractivity contribution is 4.81. The molecule has 0 saturated carbocycles. The van der Waals surface area contributed by atoms with Gasteiger partial charge in [0.25, 0.3) is 0 Å². The zero-order valence-corrected chi connectivity index (χ0v) is 12.9. The lowest BCUT2D eigenvalue weighted by atomic mass is 9.97. The molecular formula is C17H34N. The maximum absolute atomic E-state index is 7.76. The highest BCUT2D eigenvalue weighted by atomic mass is 14.7. The molecular weight excluding hydrogens is 218 g/mol. The molecule has 0 bridgehead atoms. The lowest BCUT2D eigenvalue weighted by Gasteiger charge is -2.16. The van der Waals surface area contributed by atoms with Crippen LogP contribution >= 0.6 is 0 Å². The summed E-state index contributed by atoms with van der Waals surface area (Å²) in [5, 5.41) is 0. The van der Waals surface area contributed by atoms with E-state index in [0.717, 1.165) is 6.42 Å². The van der Waals surface area contributed by atoms with Crippen LogP contribution in [0.4, 0.5) is 0 Å². The minimum absolute atomic E-state index is 0.224. The maximum Gasteiger partial charge on any atom is 0.0267 e. The lowest BCUT2D eigenvalue weighted by molar-refractivity contribution is 0.430. The third-order valence-corrected chi connectivity index (χ3v) is 3.31. The van der Waals surface area contributed by atoms with Crippen molar-refractivity contribution in [2.45, 2.75) is 96.9 Å². The van der Waals surface area contributed by atoms with Gasteiger partial charge in [0.2, 0.25) is 0 Å². The molecule has 1 N–H and O–H groups in total. The summed E-state index contributed by atoms with van der Waals surface area (Å²) < 4.78 is 0. The first-order valence-corrected chi connectivity index (χ1v) is 7.96. The molecule has 0 atom stereocenters. The van der Waals surface area contributed by atoms with Crippen molar-refractivity contribution in [3.05, 3.63) is 12.2 Å². The predicted octanol–water partition coefficient (Wildman–Crippen LogP) is 5.92. The van der Waals surface area contributed by atoms with E-state index in [-0.39, 0.29) is 5.54 Å². The summed E-state index contributed by atoms with van der Waals surface area (Å²) in [4.78, 5) is 0. The average molecular weight is 252 g/mol. The van der Waals surface area contributed by atoms with Gasteiger partial charge in [-0.2, -0.15) is 0 Å². The number of nitrogens with one attached hydrogen (secondary N) is 1. The molecule has 0 amide bonds. The molecule has 18 heavy (non-hydrogen) atoms. The SMILES string of the molecule is CCCCCC/C=C/CCCCCCC(C)(C)[NH]. The van der Waals surface area contributed by atoms with Gasteiger partial charge in [-0.3, -0.25) is 5.73 Å². The van der Waals surface area contributed by atoms with E-state index in [1.165, 1.54) is 64.2 Å². The van der Waals surface area contributed by atoms with Gasteiger partial charge in [0.1, 0.15) is 0 Å². The first-order chi connectivity index (χ1) is 8.56. The van der Waals surface area contributed by atoms with Crippen LogP contribution in [0.25, 0.3) is 0 Å². The summed E-state index contributed by atoms with van der Waals surface area (Å²) in [5.74, 6) is 0. The minimum Gasteiger partial charge on any atom is -0.252 e. The van der Waals surface area contributed by atoms with E-state index in [9.17, 15) is 0 Å². The van der Waals surface area contributed by atoms with E-state index in [1.807, 2.05) is 13.8 Å². The summed E-state index contributed by atoms with van der Waals surface area (Å²) >= 11 is 0. The van der Waals surface area contributed by atoms with Gasteiger partial charge >= 0.3 is 0 Å². The summed E-state index contributed by atoms with van der Waals surface area (Å²) in [6.45, 7) is 6.28. The highest BCUT2D eigenvalue weighted by Gasteiger charge is 2.09. The minimum atomic E-state index is -0.224. The van der Waals surface area contributed by atoms with E-state index < -0.39 is 0 Å². The number of rotatable bonds is 12. The third-order valence-electron chi connectivity index (χ3n) is 3.31. The fourth-order valence-corrected chi connectivity index (χ4v) is 2.11. The molecule has 0 fully saturated rings. The topological polar surface area (TPSA) is 23.8 Å². The molecule has 0 aromatic heterocycles. The molecule has 0 aliphatic rings. The molecule has 0 aromatic rings. The zero-order chi connectivity index (χ0) is 13.7. The molecule has 0 aliphatic carbocycles. The molecule has 1 heteroatoms. The predicted molar refractivity (Wildman–Crippen MR) is 82.8 cm³/mol. The summed E-state index contributed by atoms with van der Waals surface area (Å²) in [6, 6.07) is 0. The molecule has 0 aliphatic heterocycles. The molecule has 0 saturated heterocycles. The Morgan fingerprint density at radius 3 is 1.78 bits per heavy atom. The average Bonchev–Trinajstić information content (AvgIpc) is 2.29. The fourth-order valence-electron chi connectivity index (χ4n) is 2.11. The number of hydrogen-bond donors (Lipinski definition) is 0. The van der Waals surface area contributed by atoms with Crippen molar-refractivity contribution in [2.75, 3.05) is 0 Å².